The van der Waals surface area contributed by atoms with Crippen molar-refractivity contribution < 1.29 is 4.79 Å². The van der Waals surface area contributed by atoms with E-state index in [1.807, 2.05) is 0 Å². The minimum absolute atomic E-state index is 0.00472. The van der Waals surface area contributed by atoms with Gasteiger partial charge in [0, 0.05) is 6.54 Å². The molecule has 0 bridgehead atoms. The molecule has 1 unspecified atom stereocenters. The SMILES string of the molecule is CCCN1N=C(CC)C(CCCN)C1=O. The zero-order valence-corrected chi connectivity index (χ0v) is 9.70. The Morgan fingerprint density at radius 3 is 2.73 bits per heavy atom. The third kappa shape index (κ3) is 2.78. The number of rotatable bonds is 6. The summed E-state index contributed by atoms with van der Waals surface area (Å²) >= 11 is 0. The first-order valence-corrected chi connectivity index (χ1v) is 5.83. The first-order valence-electron chi connectivity index (χ1n) is 5.83. The summed E-state index contributed by atoms with van der Waals surface area (Å²) in [4.78, 5) is 11.9. The van der Waals surface area contributed by atoms with Crippen LogP contribution in [0.15, 0.2) is 5.10 Å². The Hall–Kier alpha value is -0.900. The van der Waals surface area contributed by atoms with Crippen LogP contribution in [0.1, 0.15) is 39.5 Å². The highest BCUT2D eigenvalue weighted by atomic mass is 16.2. The van der Waals surface area contributed by atoms with E-state index in [0.29, 0.717) is 6.54 Å². The third-order valence-electron chi connectivity index (χ3n) is 2.70. The molecule has 86 valence electrons. The van der Waals surface area contributed by atoms with E-state index in [4.69, 9.17) is 5.73 Å². The van der Waals surface area contributed by atoms with Gasteiger partial charge in [-0.1, -0.05) is 13.8 Å². The molecular formula is C11H21N3O. The van der Waals surface area contributed by atoms with E-state index >= 15 is 0 Å². The molecular weight excluding hydrogens is 190 g/mol. The van der Waals surface area contributed by atoms with E-state index in [1.54, 1.807) is 5.01 Å². The minimum Gasteiger partial charge on any atom is -0.330 e. The van der Waals surface area contributed by atoms with Crippen molar-refractivity contribution in [1.82, 2.24) is 5.01 Å². The molecule has 0 aromatic heterocycles. The van der Waals surface area contributed by atoms with Gasteiger partial charge in [-0.25, -0.2) is 5.01 Å². The van der Waals surface area contributed by atoms with Gasteiger partial charge in [-0.3, -0.25) is 4.79 Å². The fraction of sp³-hybridized carbons (Fsp3) is 0.818. The first kappa shape index (κ1) is 12.2. The molecule has 4 heteroatoms. The summed E-state index contributed by atoms with van der Waals surface area (Å²) < 4.78 is 0. The highest BCUT2D eigenvalue weighted by molar-refractivity contribution is 6.07. The second-order valence-corrected chi connectivity index (χ2v) is 3.89. The van der Waals surface area contributed by atoms with Crippen LogP contribution >= 0.6 is 0 Å². The Balaban J connectivity index is 2.63. The maximum atomic E-state index is 11.9. The second kappa shape index (κ2) is 5.85. The molecule has 1 amide bonds. The quantitative estimate of drug-likeness (QED) is 0.721. The van der Waals surface area contributed by atoms with E-state index in [1.165, 1.54) is 0 Å². The fourth-order valence-electron chi connectivity index (χ4n) is 1.90. The summed E-state index contributed by atoms with van der Waals surface area (Å²) in [6, 6.07) is 0. The Morgan fingerprint density at radius 1 is 1.47 bits per heavy atom. The molecule has 0 saturated carbocycles. The molecule has 0 aliphatic carbocycles. The van der Waals surface area contributed by atoms with Crippen molar-refractivity contribution in [2.45, 2.75) is 39.5 Å². The van der Waals surface area contributed by atoms with Crippen molar-refractivity contribution in [2.24, 2.45) is 16.8 Å². The van der Waals surface area contributed by atoms with Crippen LogP contribution in [-0.2, 0) is 4.79 Å². The molecule has 0 radical (unpaired) electrons. The lowest BCUT2D eigenvalue weighted by atomic mass is 9.96. The van der Waals surface area contributed by atoms with Crippen molar-refractivity contribution >= 4 is 11.6 Å². The van der Waals surface area contributed by atoms with Gasteiger partial charge in [0.05, 0.1) is 11.6 Å². The van der Waals surface area contributed by atoms with Gasteiger partial charge in [-0.15, -0.1) is 0 Å². The number of hydrogen-bond donors (Lipinski definition) is 1. The molecule has 1 aliphatic heterocycles. The zero-order chi connectivity index (χ0) is 11.3. The number of nitrogens with zero attached hydrogens (tertiary/aromatic N) is 2. The predicted octanol–water partition coefficient (Wildman–Crippen LogP) is 1.36. The van der Waals surface area contributed by atoms with Crippen LogP contribution in [0.4, 0.5) is 0 Å². The zero-order valence-electron chi connectivity index (χ0n) is 9.70. The van der Waals surface area contributed by atoms with Crippen molar-refractivity contribution in [3.05, 3.63) is 0 Å². The summed E-state index contributed by atoms with van der Waals surface area (Å²) in [6.07, 6.45) is 3.56. The first-order chi connectivity index (χ1) is 7.24. The van der Waals surface area contributed by atoms with Gasteiger partial charge >= 0.3 is 0 Å². The van der Waals surface area contributed by atoms with Gasteiger partial charge in [0.15, 0.2) is 0 Å². The standard InChI is InChI=1S/C11H21N3O/c1-3-8-14-11(15)9(6-5-7-12)10(4-2)13-14/h9H,3-8,12H2,1-2H3. The summed E-state index contributed by atoms with van der Waals surface area (Å²) in [5.74, 6) is 0.173. The van der Waals surface area contributed by atoms with E-state index in [-0.39, 0.29) is 11.8 Å². The van der Waals surface area contributed by atoms with Gasteiger partial charge in [-0.05, 0) is 32.2 Å². The molecule has 0 spiro atoms. The largest absolute Gasteiger partial charge is 0.330 e. The molecule has 0 aromatic rings. The second-order valence-electron chi connectivity index (χ2n) is 3.89. The van der Waals surface area contributed by atoms with Crippen molar-refractivity contribution in [1.29, 1.82) is 0 Å². The van der Waals surface area contributed by atoms with Crippen LogP contribution in [0.25, 0.3) is 0 Å². The highest BCUT2D eigenvalue weighted by Crippen LogP contribution is 2.22. The van der Waals surface area contributed by atoms with E-state index < -0.39 is 0 Å². The number of hydrogen-bond acceptors (Lipinski definition) is 3. The Kier molecular flexibility index (Phi) is 4.75. The molecule has 2 N–H and O–H groups in total. The van der Waals surface area contributed by atoms with Crippen LogP contribution < -0.4 is 5.73 Å². The molecule has 4 nitrogen and oxygen atoms in total. The van der Waals surface area contributed by atoms with Crippen LogP contribution in [0.2, 0.25) is 0 Å². The van der Waals surface area contributed by atoms with Crippen molar-refractivity contribution in [3.63, 3.8) is 0 Å². The molecule has 1 rings (SSSR count). The minimum atomic E-state index is 0.00472. The maximum Gasteiger partial charge on any atom is 0.251 e. The van der Waals surface area contributed by atoms with Crippen LogP contribution in [0.5, 0.6) is 0 Å². The summed E-state index contributed by atoms with van der Waals surface area (Å²) in [7, 11) is 0. The van der Waals surface area contributed by atoms with Crippen molar-refractivity contribution in [3.8, 4) is 0 Å². The number of carbonyl (C=O) groups is 1. The predicted molar refractivity (Wildman–Crippen MR) is 61.5 cm³/mol. The molecule has 1 heterocycles. The monoisotopic (exact) mass is 211 g/mol. The third-order valence-corrected chi connectivity index (χ3v) is 2.70. The van der Waals surface area contributed by atoms with E-state index in [2.05, 4.69) is 18.9 Å². The number of amides is 1. The van der Waals surface area contributed by atoms with Crippen LogP contribution in [0, 0.1) is 5.92 Å². The Morgan fingerprint density at radius 2 is 2.20 bits per heavy atom. The summed E-state index contributed by atoms with van der Waals surface area (Å²) in [5.41, 5.74) is 6.50. The maximum absolute atomic E-state index is 11.9. The molecule has 0 aromatic carbocycles. The smallest absolute Gasteiger partial charge is 0.251 e. The van der Waals surface area contributed by atoms with Gasteiger partial charge in [0.2, 0.25) is 0 Å². The normalized spacial score (nSPS) is 21.0. The van der Waals surface area contributed by atoms with Gasteiger partial charge in [-0.2, -0.15) is 5.10 Å². The molecule has 1 atom stereocenters. The number of carbonyl (C=O) groups excluding carboxylic acids is 1. The lowest BCUT2D eigenvalue weighted by Crippen LogP contribution is -2.28. The van der Waals surface area contributed by atoms with E-state index in [0.717, 1.165) is 37.9 Å². The summed E-state index contributed by atoms with van der Waals surface area (Å²) in [6.45, 7) is 5.49. The Labute approximate surface area is 91.5 Å². The fourth-order valence-corrected chi connectivity index (χ4v) is 1.90. The lowest BCUT2D eigenvalue weighted by Gasteiger charge is -2.12. The van der Waals surface area contributed by atoms with E-state index in [9.17, 15) is 4.79 Å². The van der Waals surface area contributed by atoms with Gasteiger partial charge in [0.25, 0.3) is 5.91 Å². The molecule has 15 heavy (non-hydrogen) atoms. The average molecular weight is 211 g/mol. The average Bonchev–Trinajstić information content (AvgIpc) is 2.54. The molecule has 0 saturated heterocycles. The Bertz CT molecular complexity index is 250. The van der Waals surface area contributed by atoms with Crippen LogP contribution in [-0.4, -0.2) is 29.7 Å². The topological polar surface area (TPSA) is 58.7 Å². The molecule has 0 fully saturated rings. The molecule has 1 aliphatic rings. The van der Waals surface area contributed by atoms with Crippen molar-refractivity contribution in [2.75, 3.05) is 13.1 Å². The number of nitrogens with two attached hydrogens (primary N) is 1. The van der Waals surface area contributed by atoms with Gasteiger partial charge < -0.3 is 5.73 Å². The lowest BCUT2D eigenvalue weighted by molar-refractivity contribution is -0.131. The number of hydrazone groups is 1. The highest BCUT2D eigenvalue weighted by Gasteiger charge is 2.33. The van der Waals surface area contributed by atoms with Crippen LogP contribution in [0.3, 0.4) is 0 Å². The summed E-state index contributed by atoms with van der Waals surface area (Å²) in [5, 5.41) is 6.00. The van der Waals surface area contributed by atoms with Gasteiger partial charge in [0.1, 0.15) is 0 Å².